The van der Waals surface area contributed by atoms with E-state index in [0.717, 1.165) is 30.2 Å². The van der Waals surface area contributed by atoms with Gasteiger partial charge in [0.25, 0.3) is 0 Å². The van der Waals surface area contributed by atoms with Gasteiger partial charge in [0.2, 0.25) is 5.95 Å². The molecule has 5 heteroatoms. The molecule has 0 radical (unpaired) electrons. The first kappa shape index (κ1) is 14.1. The zero-order valence-corrected chi connectivity index (χ0v) is 12.1. The molecule has 0 saturated carbocycles. The number of nitrogens with one attached hydrogen (secondary N) is 2. The first-order chi connectivity index (χ1) is 9.72. The van der Waals surface area contributed by atoms with Gasteiger partial charge in [-0.1, -0.05) is 18.2 Å². The minimum atomic E-state index is 0.629. The minimum absolute atomic E-state index is 0.629. The molecule has 0 amide bonds. The molecule has 0 atom stereocenters. The Morgan fingerprint density at radius 2 is 2.00 bits per heavy atom. The Labute approximate surface area is 119 Å². The Hall–Kier alpha value is -2.30. The van der Waals surface area contributed by atoms with Crippen LogP contribution in [-0.2, 0) is 6.42 Å². The van der Waals surface area contributed by atoms with Gasteiger partial charge in [-0.2, -0.15) is 4.98 Å². The second-order valence-corrected chi connectivity index (χ2v) is 4.46. The second-order valence-electron chi connectivity index (χ2n) is 4.46. The molecule has 0 unspecified atom stereocenters. The average molecular weight is 272 g/mol. The van der Waals surface area contributed by atoms with E-state index in [0.29, 0.717) is 5.95 Å². The van der Waals surface area contributed by atoms with Crippen molar-refractivity contribution in [1.82, 2.24) is 9.97 Å². The Morgan fingerprint density at radius 3 is 2.75 bits per heavy atom. The SMILES string of the molecule is CNc1nc(C)cc(NCCc2ccccc2OC)n1. The number of nitrogens with zero attached hydrogens (tertiary/aromatic N) is 2. The van der Waals surface area contributed by atoms with Crippen molar-refractivity contribution in [2.45, 2.75) is 13.3 Å². The highest BCUT2D eigenvalue weighted by molar-refractivity contribution is 5.42. The zero-order valence-electron chi connectivity index (χ0n) is 12.1. The average Bonchev–Trinajstić information content (AvgIpc) is 2.47. The van der Waals surface area contributed by atoms with Gasteiger partial charge in [-0.05, 0) is 25.0 Å². The summed E-state index contributed by atoms with van der Waals surface area (Å²) in [5, 5.41) is 6.27. The van der Waals surface area contributed by atoms with Crippen LogP contribution in [0.3, 0.4) is 0 Å². The molecule has 20 heavy (non-hydrogen) atoms. The van der Waals surface area contributed by atoms with Gasteiger partial charge in [0, 0.05) is 25.4 Å². The molecule has 0 fully saturated rings. The Morgan fingerprint density at radius 1 is 1.20 bits per heavy atom. The van der Waals surface area contributed by atoms with E-state index in [4.69, 9.17) is 4.74 Å². The number of para-hydroxylation sites is 1. The van der Waals surface area contributed by atoms with E-state index in [9.17, 15) is 0 Å². The summed E-state index contributed by atoms with van der Waals surface area (Å²) in [5.74, 6) is 2.38. The van der Waals surface area contributed by atoms with Crippen molar-refractivity contribution < 1.29 is 4.74 Å². The van der Waals surface area contributed by atoms with Crippen molar-refractivity contribution in [2.75, 3.05) is 31.3 Å². The lowest BCUT2D eigenvalue weighted by Gasteiger charge is -2.10. The number of rotatable bonds is 6. The number of aryl methyl sites for hydroxylation is 1. The van der Waals surface area contributed by atoms with Crippen LogP contribution in [0.4, 0.5) is 11.8 Å². The quantitative estimate of drug-likeness (QED) is 0.846. The molecule has 0 aliphatic heterocycles. The third kappa shape index (κ3) is 3.60. The lowest BCUT2D eigenvalue weighted by Crippen LogP contribution is -2.09. The maximum Gasteiger partial charge on any atom is 0.224 e. The summed E-state index contributed by atoms with van der Waals surface area (Å²) in [5.41, 5.74) is 2.12. The number of aromatic nitrogens is 2. The molecule has 1 heterocycles. The Balaban J connectivity index is 1.97. The van der Waals surface area contributed by atoms with E-state index in [1.165, 1.54) is 5.56 Å². The minimum Gasteiger partial charge on any atom is -0.496 e. The normalized spacial score (nSPS) is 10.2. The Bertz CT molecular complexity index is 572. The van der Waals surface area contributed by atoms with Crippen LogP contribution < -0.4 is 15.4 Å². The fourth-order valence-electron chi connectivity index (χ4n) is 2.01. The molecule has 2 N–H and O–H groups in total. The van der Waals surface area contributed by atoms with Gasteiger partial charge in [-0.15, -0.1) is 0 Å². The van der Waals surface area contributed by atoms with Gasteiger partial charge < -0.3 is 15.4 Å². The van der Waals surface area contributed by atoms with Gasteiger partial charge in [0.05, 0.1) is 7.11 Å². The second kappa shape index (κ2) is 6.75. The number of ether oxygens (including phenoxy) is 1. The van der Waals surface area contributed by atoms with Gasteiger partial charge in [-0.25, -0.2) is 4.98 Å². The summed E-state index contributed by atoms with van der Waals surface area (Å²) in [6.07, 6.45) is 0.877. The zero-order chi connectivity index (χ0) is 14.4. The van der Waals surface area contributed by atoms with Crippen molar-refractivity contribution in [2.24, 2.45) is 0 Å². The molecule has 0 spiro atoms. The van der Waals surface area contributed by atoms with Crippen molar-refractivity contribution >= 4 is 11.8 Å². The van der Waals surface area contributed by atoms with Gasteiger partial charge in [0.15, 0.2) is 0 Å². The molecule has 0 saturated heterocycles. The van der Waals surface area contributed by atoms with Crippen LogP contribution in [0, 0.1) is 6.92 Å². The summed E-state index contributed by atoms with van der Waals surface area (Å²) in [6.45, 7) is 2.74. The van der Waals surface area contributed by atoms with E-state index < -0.39 is 0 Å². The van der Waals surface area contributed by atoms with Crippen molar-refractivity contribution in [3.63, 3.8) is 0 Å². The van der Waals surface area contributed by atoms with Gasteiger partial charge in [-0.3, -0.25) is 0 Å². The maximum atomic E-state index is 5.34. The predicted molar refractivity (Wildman–Crippen MR) is 81.5 cm³/mol. The number of methoxy groups -OCH3 is 1. The number of hydrogen-bond acceptors (Lipinski definition) is 5. The van der Waals surface area contributed by atoms with Gasteiger partial charge >= 0.3 is 0 Å². The van der Waals surface area contributed by atoms with E-state index in [1.54, 1.807) is 7.11 Å². The van der Waals surface area contributed by atoms with Crippen LogP contribution in [0.15, 0.2) is 30.3 Å². The molecule has 1 aromatic carbocycles. The molecule has 2 rings (SSSR count). The van der Waals surface area contributed by atoms with Crippen molar-refractivity contribution in [1.29, 1.82) is 0 Å². The van der Waals surface area contributed by atoms with Crippen LogP contribution in [0.1, 0.15) is 11.3 Å². The van der Waals surface area contributed by atoms with Crippen molar-refractivity contribution in [3.8, 4) is 5.75 Å². The summed E-state index contributed by atoms with van der Waals surface area (Å²) in [6, 6.07) is 9.98. The monoisotopic (exact) mass is 272 g/mol. The smallest absolute Gasteiger partial charge is 0.224 e. The Kier molecular flexibility index (Phi) is 4.76. The lowest BCUT2D eigenvalue weighted by atomic mass is 10.1. The fraction of sp³-hybridized carbons (Fsp3) is 0.333. The standard InChI is InChI=1S/C15H20N4O/c1-11-10-14(19-15(16-2)18-11)17-9-8-12-6-4-5-7-13(12)20-3/h4-7,10H,8-9H2,1-3H3,(H2,16,17,18,19). The number of anilines is 2. The van der Waals surface area contributed by atoms with E-state index in [1.807, 2.05) is 38.2 Å². The summed E-state index contributed by atoms with van der Waals surface area (Å²) >= 11 is 0. The highest BCUT2D eigenvalue weighted by atomic mass is 16.5. The van der Waals surface area contributed by atoms with Crippen LogP contribution in [0.5, 0.6) is 5.75 Å². The first-order valence-electron chi connectivity index (χ1n) is 6.62. The van der Waals surface area contributed by atoms with Crippen LogP contribution in [0.25, 0.3) is 0 Å². The lowest BCUT2D eigenvalue weighted by molar-refractivity contribution is 0.410. The van der Waals surface area contributed by atoms with E-state index in [2.05, 4.69) is 26.7 Å². The molecule has 0 bridgehead atoms. The molecule has 0 aliphatic rings. The van der Waals surface area contributed by atoms with Crippen LogP contribution in [-0.4, -0.2) is 30.7 Å². The largest absolute Gasteiger partial charge is 0.496 e. The molecule has 1 aromatic heterocycles. The van der Waals surface area contributed by atoms with Crippen LogP contribution >= 0.6 is 0 Å². The summed E-state index contributed by atoms with van der Waals surface area (Å²) in [4.78, 5) is 8.62. The van der Waals surface area contributed by atoms with Crippen molar-refractivity contribution in [3.05, 3.63) is 41.6 Å². The highest BCUT2D eigenvalue weighted by Crippen LogP contribution is 2.18. The molecular formula is C15H20N4O. The van der Waals surface area contributed by atoms with Crippen LogP contribution in [0.2, 0.25) is 0 Å². The van der Waals surface area contributed by atoms with E-state index in [-0.39, 0.29) is 0 Å². The fourth-order valence-corrected chi connectivity index (χ4v) is 2.01. The number of hydrogen-bond donors (Lipinski definition) is 2. The topological polar surface area (TPSA) is 59.1 Å². The first-order valence-corrected chi connectivity index (χ1v) is 6.62. The summed E-state index contributed by atoms with van der Waals surface area (Å²) in [7, 11) is 3.51. The highest BCUT2D eigenvalue weighted by Gasteiger charge is 2.03. The molecule has 0 aliphatic carbocycles. The third-order valence-electron chi connectivity index (χ3n) is 2.97. The molecule has 5 nitrogen and oxygen atoms in total. The molecular weight excluding hydrogens is 252 g/mol. The molecule has 106 valence electrons. The molecule has 2 aromatic rings. The maximum absolute atomic E-state index is 5.34. The van der Waals surface area contributed by atoms with Gasteiger partial charge in [0.1, 0.15) is 11.6 Å². The number of benzene rings is 1. The van der Waals surface area contributed by atoms with E-state index >= 15 is 0 Å². The predicted octanol–water partition coefficient (Wildman–Crippen LogP) is 2.49. The summed E-state index contributed by atoms with van der Waals surface area (Å²) < 4.78 is 5.34. The third-order valence-corrected chi connectivity index (χ3v) is 2.97.